The summed E-state index contributed by atoms with van der Waals surface area (Å²) in [6.07, 6.45) is 0. The molecule has 0 saturated carbocycles. The third-order valence-corrected chi connectivity index (χ3v) is 4.16. The molecule has 102 valence electrons. The Bertz CT molecular complexity index is 532. The molecule has 0 saturated heterocycles. The van der Waals surface area contributed by atoms with Crippen LogP contribution in [0.25, 0.3) is 0 Å². The van der Waals surface area contributed by atoms with Gasteiger partial charge in [-0.1, -0.05) is 0 Å². The lowest BCUT2D eigenvalue weighted by atomic mass is 10.2. The first kappa shape index (κ1) is 14.7. The zero-order chi connectivity index (χ0) is 13.9. The van der Waals surface area contributed by atoms with E-state index in [1.807, 2.05) is 0 Å². The summed E-state index contributed by atoms with van der Waals surface area (Å²) < 4.78 is 50.0. The van der Waals surface area contributed by atoms with Crippen LogP contribution in [0.1, 0.15) is 0 Å². The molecule has 0 aliphatic carbocycles. The van der Waals surface area contributed by atoms with Crippen molar-refractivity contribution >= 4 is 21.4 Å². The van der Waals surface area contributed by atoms with Crippen molar-refractivity contribution in [1.82, 2.24) is 4.31 Å². The van der Waals surface area contributed by atoms with Crippen LogP contribution in [-0.4, -0.2) is 39.1 Å². The number of hydrogen-bond donors (Lipinski definition) is 2. The van der Waals surface area contributed by atoms with E-state index in [-0.39, 0.29) is 23.7 Å². The topological polar surface area (TPSA) is 75.4 Å². The van der Waals surface area contributed by atoms with Crippen molar-refractivity contribution in [2.75, 3.05) is 37.4 Å². The number of nitrogens with two attached hydrogens (primary N) is 1. The van der Waals surface area contributed by atoms with E-state index >= 15 is 0 Å². The van der Waals surface area contributed by atoms with E-state index in [1.165, 1.54) is 14.1 Å². The Morgan fingerprint density at radius 3 is 2.50 bits per heavy atom. The maximum Gasteiger partial charge on any atom is 0.215 e. The number of nitrogen functional groups attached to an aromatic ring is 1. The molecule has 18 heavy (non-hydrogen) atoms. The summed E-state index contributed by atoms with van der Waals surface area (Å²) in [6.45, 7) is 0.00755. The number of anilines is 2. The molecule has 1 aromatic carbocycles. The Labute approximate surface area is 105 Å². The van der Waals surface area contributed by atoms with Crippen molar-refractivity contribution in [2.45, 2.75) is 0 Å². The second-order valence-electron chi connectivity index (χ2n) is 3.87. The largest absolute Gasteiger partial charge is 0.395 e. The van der Waals surface area contributed by atoms with Crippen LogP contribution in [0, 0.1) is 11.6 Å². The van der Waals surface area contributed by atoms with E-state index in [9.17, 15) is 17.2 Å². The summed E-state index contributed by atoms with van der Waals surface area (Å²) in [5.74, 6) is -1.86. The number of nitrogens with one attached hydrogen (secondary N) is 1. The van der Waals surface area contributed by atoms with E-state index < -0.39 is 21.7 Å². The van der Waals surface area contributed by atoms with Crippen molar-refractivity contribution in [2.24, 2.45) is 0 Å². The highest BCUT2D eigenvalue weighted by atomic mass is 32.2. The number of hydrogen-bond acceptors (Lipinski definition) is 4. The third-order valence-electron chi connectivity index (χ3n) is 2.33. The fraction of sp³-hybridized carbons (Fsp3) is 0.400. The van der Waals surface area contributed by atoms with Crippen molar-refractivity contribution in [1.29, 1.82) is 0 Å². The smallest absolute Gasteiger partial charge is 0.215 e. The first-order valence-corrected chi connectivity index (χ1v) is 6.73. The number of sulfonamides is 1. The van der Waals surface area contributed by atoms with Crippen LogP contribution < -0.4 is 11.1 Å². The molecule has 0 heterocycles. The van der Waals surface area contributed by atoms with E-state index in [1.54, 1.807) is 0 Å². The Morgan fingerprint density at radius 1 is 1.33 bits per heavy atom. The molecular formula is C10H15F2N3O2S. The second kappa shape index (κ2) is 5.49. The highest BCUT2D eigenvalue weighted by Crippen LogP contribution is 2.23. The molecular weight excluding hydrogens is 264 g/mol. The SMILES string of the molecule is CN(C)S(=O)(=O)CCNc1cc(F)cc(F)c1N. The fourth-order valence-electron chi connectivity index (χ4n) is 1.23. The molecule has 0 amide bonds. The molecule has 3 N–H and O–H groups in total. The average Bonchev–Trinajstić information content (AvgIpc) is 2.24. The number of benzene rings is 1. The predicted octanol–water partition coefficient (Wildman–Crippen LogP) is 0.850. The van der Waals surface area contributed by atoms with E-state index in [0.29, 0.717) is 6.07 Å². The third kappa shape index (κ3) is 3.54. The van der Waals surface area contributed by atoms with Gasteiger partial charge in [0.2, 0.25) is 10.0 Å². The van der Waals surface area contributed by atoms with E-state index in [2.05, 4.69) is 5.32 Å². The monoisotopic (exact) mass is 279 g/mol. The van der Waals surface area contributed by atoms with Gasteiger partial charge in [0.25, 0.3) is 0 Å². The summed E-state index contributed by atoms with van der Waals surface area (Å²) in [6, 6.07) is 1.68. The minimum Gasteiger partial charge on any atom is -0.395 e. The molecule has 0 aliphatic heterocycles. The van der Waals surface area contributed by atoms with Gasteiger partial charge in [-0.25, -0.2) is 21.5 Å². The first-order chi connectivity index (χ1) is 8.24. The molecule has 8 heteroatoms. The van der Waals surface area contributed by atoms with Gasteiger partial charge in [-0.2, -0.15) is 0 Å². The quantitative estimate of drug-likeness (QED) is 0.784. The lowest BCUT2D eigenvalue weighted by molar-refractivity contribution is 0.521. The zero-order valence-electron chi connectivity index (χ0n) is 10.1. The van der Waals surface area contributed by atoms with Crippen molar-refractivity contribution in [3.05, 3.63) is 23.8 Å². The molecule has 0 radical (unpaired) electrons. The van der Waals surface area contributed by atoms with E-state index in [0.717, 1.165) is 10.4 Å². The number of rotatable bonds is 5. The molecule has 0 atom stereocenters. The van der Waals surface area contributed by atoms with Crippen LogP contribution >= 0.6 is 0 Å². The van der Waals surface area contributed by atoms with Gasteiger partial charge < -0.3 is 11.1 Å². The summed E-state index contributed by atoms with van der Waals surface area (Å²) in [7, 11) is -0.542. The molecule has 0 bridgehead atoms. The number of nitrogens with zero attached hydrogens (tertiary/aromatic N) is 1. The maximum absolute atomic E-state index is 13.1. The molecule has 0 aromatic heterocycles. The average molecular weight is 279 g/mol. The highest BCUT2D eigenvalue weighted by Gasteiger charge is 2.14. The van der Waals surface area contributed by atoms with E-state index in [4.69, 9.17) is 5.73 Å². The van der Waals surface area contributed by atoms with Gasteiger partial charge in [-0.3, -0.25) is 0 Å². The number of halogens is 2. The highest BCUT2D eigenvalue weighted by molar-refractivity contribution is 7.89. The van der Waals surface area contributed by atoms with Crippen LogP contribution in [0.4, 0.5) is 20.2 Å². The van der Waals surface area contributed by atoms with Gasteiger partial charge in [0.15, 0.2) is 5.82 Å². The molecule has 0 aliphatic rings. The second-order valence-corrected chi connectivity index (χ2v) is 6.18. The molecule has 1 aromatic rings. The summed E-state index contributed by atoms with van der Waals surface area (Å²) in [5.41, 5.74) is 5.20. The van der Waals surface area contributed by atoms with Crippen LogP contribution in [-0.2, 0) is 10.0 Å². The fourth-order valence-corrected chi connectivity index (χ4v) is 1.95. The summed E-state index contributed by atoms with van der Waals surface area (Å²) >= 11 is 0. The van der Waals surface area contributed by atoms with Gasteiger partial charge in [-0.05, 0) is 6.07 Å². The molecule has 5 nitrogen and oxygen atoms in total. The molecule has 0 spiro atoms. The van der Waals surface area contributed by atoms with Crippen molar-refractivity contribution in [3.8, 4) is 0 Å². The zero-order valence-corrected chi connectivity index (χ0v) is 10.9. The normalized spacial score (nSPS) is 11.8. The lowest BCUT2D eigenvalue weighted by Crippen LogP contribution is -2.28. The standard InChI is InChI=1S/C10H15F2N3O2S/c1-15(2)18(16,17)4-3-14-9-6-7(11)5-8(12)10(9)13/h5-6,14H,3-4,13H2,1-2H3. The lowest BCUT2D eigenvalue weighted by Gasteiger charge is -2.13. The minimum atomic E-state index is -3.36. The van der Waals surface area contributed by atoms with Gasteiger partial charge in [-0.15, -0.1) is 0 Å². The van der Waals surface area contributed by atoms with Crippen LogP contribution in [0.5, 0.6) is 0 Å². The van der Waals surface area contributed by atoms with Crippen LogP contribution in [0.15, 0.2) is 12.1 Å². The van der Waals surface area contributed by atoms with Gasteiger partial charge in [0, 0.05) is 26.7 Å². The summed E-state index contributed by atoms with van der Waals surface area (Å²) in [5, 5.41) is 2.59. The van der Waals surface area contributed by atoms with Gasteiger partial charge >= 0.3 is 0 Å². The minimum absolute atomic E-state index is 0.00755. The Hall–Kier alpha value is -1.41. The predicted molar refractivity (Wildman–Crippen MR) is 66.7 cm³/mol. The Balaban J connectivity index is 2.71. The molecule has 1 rings (SSSR count). The van der Waals surface area contributed by atoms with Gasteiger partial charge in [0.1, 0.15) is 5.82 Å². The Morgan fingerprint density at radius 2 is 1.94 bits per heavy atom. The van der Waals surface area contributed by atoms with Crippen molar-refractivity contribution < 1.29 is 17.2 Å². The van der Waals surface area contributed by atoms with Crippen LogP contribution in [0.2, 0.25) is 0 Å². The molecule has 0 unspecified atom stereocenters. The Kier molecular flexibility index (Phi) is 4.47. The molecule has 0 fully saturated rings. The maximum atomic E-state index is 13.1. The first-order valence-electron chi connectivity index (χ1n) is 5.12. The van der Waals surface area contributed by atoms with Crippen molar-refractivity contribution in [3.63, 3.8) is 0 Å². The van der Waals surface area contributed by atoms with Gasteiger partial charge in [0.05, 0.1) is 17.1 Å². The van der Waals surface area contributed by atoms with Crippen LogP contribution in [0.3, 0.4) is 0 Å². The summed E-state index contributed by atoms with van der Waals surface area (Å²) in [4.78, 5) is 0.